The molecule has 0 saturated heterocycles. The van der Waals surface area contributed by atoms with Crippen LogP contribution in [-0.2, 0) is 0 Å². The number of fused-ring (bicyclic) bond motifs is 3. The van der Waals surface area contributed by atoms with Crippen LogP contribution in [0.1, 0.15) is 5.56 Å². The van der Waals surface area contributed by atoms with Crippen molar-refractivity contribution in [3.8, 4) is 0 Å². The summed E-state index contributed by atoms with van der Waals surface area (Å²) in [5, 5.41) is 3.43. The predicted octanol–water partition coefficient (Wildman–Crippen LogP) is 1.77. The summed E-state index contributed by atoms with van der Waals surface area (Å²) in [6, 6.07) is 1.88. The van der Waals surface area contributed by atoms with E-state index in [4.69, 9.17) is 0 Å². The van der Waals surface area contributed by atoms with Crippen LogP contribution >= 0.6 is 0 Å². The van der Waals surface area contributed by atoms with Crippen LogP contribution in [0.15, 0.2) is 80.2 Å². The molecule has 0 spiro atoms. The van der Waals surface area contributed by atoms with Gasteiger partial charge in [-0.1, -0.05) is 0 Å². The summed E-state index contributed by atoms with van der Waals surface area (Å²) >= 11 is 0. The lowest BCUT2D eigenvalue weighted by Gasteiger charge is -2.23. The topological polar surface area (TPSA) is 78.9 Å². The highest BCUT2D eigenvalue weighted by Gasteiger charge is 2.22. The zero-order valence-corrected chi connectivity index (χ0v) is 14.0. The van der Waals surface area contributed by atoms with Gasteiger partial charge in [0, 0.05) is 55.1 Å². The van der Waals surface area contributed by atoms with E-state index in [1.165, 1.54) is 0 Å². The Morgan fingerprint density at radius 3 is 2.85 bits per heavy atom. The molecule has 6 rings (SSSR count). The summed E-state index contributed by atoms with van der Waals surface area (Å²) < 4.78 is 3.79. The maximum absolute atomic E-state index is 4.63. The van der Waals surface area contributed by atoms with Gasteiger partial charge in [0.15, 0.2) is 5.82 Å². The average molecular weight is 355 g/mol. The molecule has 4 aromatic heterocycles. The maximum Gasteiger partial charge on any atom is 0.233 e. The molecule has 1 N–H and O–H groups in total. The van der Waals surface area contributed by atoms with Crippen molar-refractivity contribution in [3.05, 3.63) is 85.8 Å². The van der Waals surface area contributed by atoms with Gasteiger partial charge in [0.1, 0.15) is 17.8 Å². The number of imidazole rings is 2. The summed E-state index contributed by atoms with van der Waals surface area (Å²) in [6.45, 7) is 0. The molecule has 0 saturated carbocycles. The summed E-state index contributed by atoms with van der Waals surface area (Å²) in [7, 11) is 0. The van der Waals surface area contributed by atoms with Crippen molar-refractivity contribution in [1.82, 2.24) is 39.0 Å². The summed E-state index contributed by atoms with van der Waals surface area (Å²) in [5.41, 5.74) is 2.80. The fourth-order valence-corrected chi connectivity index (χ4v) is 3.18. The van der Waals surface area contributed by atoms with E-state index < -0.39 is 0 Å². The number of aromatic nitrogens is 6. The highest BCUT2D eigenvalue weighted by atomic mass is 15.3. The Balaban J connectivity index is 1.32. The fourth-order valence-electron chi connectivity index (χ4n) is 3.18. The third-order valence-corrected chi connectivity index (χ3v) is 4.53. The molecular formula is C18H13N9. The number of anilines is 1. The first-order valence-electron chi connectivity index (χ1n) is 8.37. The van der Waals surface area contributed by atoms with Crippen molar-refractivity contribution in [1.29, 1.82) is 0 Å². The number of nitrogens with one attached hydrogen (secondary N) is 1. The lowest BCUT2D eigenvalue weighted by Crippen LogP contribution is -2.24. The first kappa shape index (κ1) is 14.1. The van der Waals surface area contributed by atoms with Crippen LogP contribution in [0.2, 0.25) is 0 Å². The van der Waals surface area contributed by atoms with Crippen LogP contribution < -0.4 is 10.2 Å². The lowest BCUT2D eigenvalue weighted by atomic mass is 10.3. The van der Waals surface area contributed by atoms with Crippen molar-refractivity contribution in [2.24, 2.45) is 0 Å². The molecule has 0 aliphatic carbocycles. The van der Waals surface area contributed by atoms with Crippen LogP contribution in [0, 0.1) is 0 Å². The third kappa shape index (κ3) is 2.18. The minimum absolute atomic E-state index is 0.682. The first-order chi connectivity index (χ1) is 13.3. The number of rotatable bonds is 2. The number of hydrogen-bond acceptors (Lipinski definition) is 7. The van der Waals surface area contributed by atoms with Gasteiger partial charge in [-0.05, 0) is 6.07 Å². The molecule has 9 heteroatoms. The van der Waals surface area contributed by atoms with Crippen LogP contribution in [-0.4, -0.2) is 33.6 Å². The smallest absolute Gasteiger partial charge is 0.233 e. The summed E-state index contributed by atoms with van der Waals surface area (Å²) in [4.78, 5) is 21.3. The average Bonchev–Trinajstić information content (AvgIpc) is 3.42. The van der Waals surface area contributed by atoms with Crippen LogP contribution in [0.3, 0.4) is 0 Å². The Bertz CT molecular complexity index is 1240. The highest BCUT2D eigenvalue weighted by molar-refractivity contribution is 5.69. The minimum atomic E-state index is 0.682. The maximum atomic E-state index is 4.63. The van der Waals surface area contributed by atoms with Gasteiger partial charge in [0.2, 0.25) is 5.78 Å². The molecule has 0 fully saturated rings. The Labute approximate surface area is 153 Å². The second kappa shape index (κ2) is 5.18. The Morgan fingerprint density at radius 2 is 1.89 bits per heavy atom. The fraction of sp³-hybridized carbons (Fsp3) is 0. The van der Waals surface area contributed by atoms with E-state index in [0.29, 0.717) is 5.78 Å². The molecular weight excluding hydrogens is 342 g/mol. The molecule has 0 aromatic carbocycles. The number of hydrogen-bond donors (Lipinski definition) is 1. The van der Waals surface area contributed by atoms with Crippen molar-refractivity contribution in [2.75, 3.05) is 4.90 Å². The van der Waals surface area contributed by atoms with Gasteiger partial charge in [-0.2, -0.15) is 0 Å². The van der Waals surface area contributed by atoms with Crippen molar-refractivity contribution in [3.63, 3.8) is 0 Å². The normalized spacial score (nSPS) is 15.9. The van der Waals surface area contributed by atoms with Gasteiger partial charge in [0.25, 0.3) is 0 Å². The lowest BCUT2D eigenvalue weighted by molar-refractivity contribution is 0.610. The van der Waals surface area contributed by atoms with Gasteiger partial charge < -0.3 is 15.1 Å². The second-order valence-electron chi connectivity index (χ2n) is 6.22. The van der Waals surface area contributed by atoms with E-state index in [9.17, 15) is 0 Å². The molecule has 2 aliphatic heterocycles. The van der Waals surface area contributed by atoms with E-state index in [-0.39, 0.29) is 0 Å². The van der Waals surface area contributed by atoms with Gasteiger partial charge in [-0.25, -0.2) is 19.9 Å². The molecule has 2 aliphatic rings. The van der Waals surface area contributed by atoms with E-state index in [1.54, 1.807) is 18.7 Å². The van der Waals surface area contributed by atoms with Gasteiger partial charge >= 0.3 is 0 Å². The quantitative estimate of drug-likeness (QED) is 0.587. The molecule has 130 valence electrons. The van der Waals surface area contributed by atoms with E-state index in [0.717, 1.165) is 28.5 Å². The summed E-state index contributed by atoms with van der Waals surface area (Å²) in [6.07, 6.45) is 20.9. The molecule has 0 bridgehead atoms. The molecule has 9 nitrogen and oxygen atoms in total. The van der Waals surface area contributed by atoms with E-state index >= 15 is 0 Å². The number of nitrogens with zero attached hydrogens (tertiary/aromatic N) is 8. The monoisotopic (exact) mass is 355 g/mol. The highest BCUT2D eigenvalue weighted by Crippen LogP contribution is 2.27. The molecule has 0 amide bonds. The minimum Gasteiger partial charge on any atom is -0.338 e. The van der Waals surface area contributed by atoms with Gasteiger partial charge in [0.05, 0.1) is 18.1 Å². The largest absolute Gasteiger partial charge is 0.338 e. The van der Waals surface area contributed by atoms with Crippen LogP contribution in [0.5, 0.6) is 0 Å². The molecule has 0 unspecified atom stereocenters. The van der Waals surface area contributed by atoms with Crippen molar-refractivity contribution in [2.45, 2.75) is 0 Å². The molecule has 27 heavy (non-hydrogen) atoms. The predicted molar refractivity (Wildman–Crippen MR) is 98.6 cm³/mol. The van der Waals surface area contributed by atoms with Crippen LogP contribution in [0.4, 0.5) is 5.82 Å². The molecule has 6 heterocycles. The molecule has 0 radical (unpaired) electrons. The SMILES string of the molecule is C1=CN(c2cn3cnccc3n2)C=C2NC(c3cnc4nccn4c3)=CN12. The Kier molecular flexibility index (Phi) is 2.70. The van der Waals surface area contributed by atoms with Gasteiger partial charge in [-0.3, -0.25) is 8.80 Å². The molecule has 0 atom stereocenters. The van der Waals surface area contributed by atoms with Crippen molar-refractivity contribution >= 4 is 22.9 Å². The van der Waals surface area contributed by atoms with E-state index in [1.807, 2.05) is 74.3 Å². The zero-order valence-electron chi connectivity index (χ0n) is 14.0. The first-order valence-corrected chi connectivity index (χ1v) is 8.37. The Morgan fingerprint density at radius 1 is 0.926 bits per heavy atom. The van der Waals surface area contributed by atoms with Gasteiger partial charge in [-0.15, -0.1) is 0 Å². The van der Waals surface area contributed by atoms with Crippen LogP contribution in [0.25, 0.3) is 17.1 Å². The second-order valence-corrected chi connectivity index (χ2v) is 6.22. The third-order valence-electron chi connectivity index (χ3n) is 4.53. The van der Waals surface area contributed by atoms with Crippen molar-refractivity contribution < 1.29 is 0 Å². The standard InChI is InChI=1S/C18H13N9/c1-2-19-12-27-11-17(23-15(1)27)25-6-5-24-9-14(22-16(24)10-25)13-7-21-18-20-3-4-26(18)8-13/h1-12,22H. The van der Waals surface area contributed by atoms with E-state index in [2.05, 4.69) is 25.3 Å². The summed E-state index contributed by atoms with van der Waals surface area (Å²) in [5.74, 6) is 2.44. The molecule has 4 aromatic rings. The Hall–Kier alpha value is -4.14. The zero-order chi connectivity index (χ0) is 17.8.